The van der Waals surface area contributed by atoms with Gasteiger partial charge in [0.15, 0.2) is 0 Å². The second-order valence-electron chi connectivity index (χ2n) is 14.9. The Balaban J connectivity index is 0.945. The zero-order chi connectivity index (χ0) is 37.5. The maximum atomic E-state index is 2.43. The quantitative estimate of drug-likeness (QED) is 0.166. The lowest BCUT2D eigenvalue weighted by Crippen LogP contribution is -1.95. The maximum Gasteiger partial charge on any atom is 0.0548 e. The van der Waals surface area contributed by atoms with E-state index in [0.29, 0.717) is 0 Å². The van der Waals surface area contributed by atoms with Crippen molar-refractivity contribution in [2.24, 2.45) is 0 Å². The summed E-state index contributed by atoms with van der Waals surface area (Å²) < 4.78 is 7.51. The van der Waals surface area contributed by atoms with Crippen LogP contribution in [0.5, 0.6) is 0 Å². The maximum absolute atomic E-state index is 2.43. The Morgan fingerprint density at radius 2 is 0.684 bits per heavy atom. The van der Waals surface area contributed by atoms with Crippen LogP contribution in [0.3, 0.4) is 0 Å². The summed E-state index contributed by atoms with van der Waals surface area (Å²) in [6.07, 6.45) is 0. The summed E-state index contributed by atoms with van der Waals surface area (Å²) in [4.78, 5) is 0. The van der Waals surface area contributed by atoms with Crippen molar-refractivity contribution in [1.29, 1.82) is 0 Å². The third kappa shape index (κ3) is 5.10. The molecular formula is C54H34N2S. The predicted molar refractivity (Wildman–Crippen MR) is 244 cm³/mol. The van der Waals surface area contributed by atoms with Gasteiger partial charge in [0.25, 0.3) is 0 Å². The van der Waals surface area contributed by atoms with E-state index in [1.54, 1.807) is 0 Å². The number of hydrogen-bond acceptors (Lipinski definition) is 1. The highest BCUT2D eigenvalue weighted by Crippen LogP contribution is 2.41. The van der Waals surface area contributed by atoms with Crippen LogP contribution in [0.15, 0.2) is 206 Å². The van der Waals surface area contributed by atoms with Crippen molar-refractivity contribution < 1.29 is 0 Å². The highest BCUT2D eigenvalue weighted by atomic mass is 32.1. The smallest absolute Gasteiger partial charge is 0.0548 e. The minimum absolute atomic E-state index is 1.15. The molecule has 0 fully saturated rings. The lowest BCUT2D eigenvalue weighted by Gasteiger charge is -2.12. The van der Waals surface area contributed by atoms with Gasteiger partial charge in [-0.1, -0.05) is 133 Å². The van der Waals surface area contributed by atoms with Gasteiger partial charge in [-0.05, 0) is 106 Å². The fraction of sp³-hybridized carbons (Fsp3) is 0. The van der Waals surface area contributed by atoms with Gasteiger partial charge in [0, 0.05) is 53.1 Å². The Kier molecular flexibility index (Phi) is 7.13. The summed E-state index contributed by atoms with van der Waals surface area (Å²) in [5.41, 5.74) is 14.5. The SMILES string of the molecule is c1ccc(-c2ccc3c(c2)c2cc(-c4ccccc4)ccc2n3-c2ccc(-c3ccc(-n4c5ccccc5c5cc6sc7ccccc7c6cc54)cc3)cc2)cc1. The average molecular weight is 743 g/mol. The van der Waals surface area contributed by atoms with Crippen molar-refractivity contribution in [2.45, 2.75) is 0 Å². The van der Waals surface area contributed by atoms with Crippen LogP contribution in [0.4, 0.5) is 0 Å². The molecule has 0 N–H and O–H groups in total. The van der Waals surface area contributed by atoms with E-state index in [4.69, 9.17) is 0 Å². The molecule has 0 aliphatic carbocycles. The molecule has 0 saturated carbocycles. The van der Waals surface area contributed by atoms with E-state index in [9.17, 15) is 0 Å². The van der Waals surface area contributed by atoms with Gasteiger partial charge in [-0.2, -0.15) is 0 Å². The molecular weight excluding hydrogens is 709 g/mol. The van der Waals surface area contributed by atoms with Gasteiger partial charge in [0.1, 0.15) is 0 Å². The van der Waals surface area contributed by atoms with Gasteiger partial charge in [0.2, 0.25) is 0 Å². The molecule has 3 heteroatoms. The lowest BCUT2D eigenvalue weighted by molar-refractivity contribution is 1.18. The number of thiophene rings is 1. The zero-order valence-electron chi connectivity index (χ0n) is 30.9. The van der Waals surface area contributed by atoms with Crippen LogP contribution in [-0.2, 0) is 0 Å². The molecule has 12 rings (SSSR count). The van der Waals surface area contributed by atoms with Gasteiger partial charge in [-0.25, -0.2) is 0 Å². The van der Waals surface area contributed by atoms with Crippen molar-refractivity contribution in [3.05, 3.63) is 206 Å². The van der Waals surface area contributed by atoms with E-state index in [-0.39, 0.29) is 0 Å². The minimum Gasteiger partial charge on any atom is -0.309 e. The first-order valence-corrected chi connectivity index (χ1v) is 20.3. The van der Waals surface area contributed by atoms with E-state index >= 15 is 0 Å². The van der Waals surface area contributed by atoms with Crippen LogP contribution < -0.4 is 0 Å². The molecule has 3 aromatic heterocycles. The molecule has 0 aliphatic rings. The summed E-state index contributed by atoms with van der Waals surface area (Å²) in [6.45, 7) is 0. The number of nitrogens with zero attached hydrogens (tertiary/aromatic N) is 2. The van der Waals surface area contributed by atoms with Crippen LogP contribution in [0, 0.1) is 0 Å². The number of para-hydroxylation sites is 1. The van der Waals surface area contributed by atoms with Gasteiger partial charge in [0.05, 0.1) is 22.1 Å². The van der Waals surface area contributed by atoms with E-state index in [2.05, 4.69) is 215 Å². The topological polar surface area (TPSA) is 9.86 Å². The molecule has 0 aliphatic heterocycles. The molecule has 266 valence electrons. The summed E-state index contributed by atoms with van der Waals surface area (Å²) in [5, 5.41) is 7.72. The monoisotopic (exact) mass is 742 g/mol. The average Bonchev–Trinajstić information content (AvgIpc) is 3.93. The Bertz CT molecular complexity index is 3380. The molecule has 2 nitrogen and oxygen atoms in total. The Labute approximate surface area is 333 Å². The number of hydrogen-bond donors (Lipinski definition) is 0. The van der Waals surface area contributed by atoms with Gasteiger partial charge in [-0.3, -0.25) is 0 Å². The van der Waals surface area contributed by atoms with Crippen molar-refractivity contribution in [3.63, 3.8) is 0 Å². The molecule has 0 spiro atoms. The van der Waals surface area contributed by atoms with Crippen molar-refractivity contribution in [1.82, 2.24) is 9.13 Å². The highest BCUT2D eigenvalue weighted by Gasteiger charge is 2.17. The molecule has 0 radical (unpaired) electrons. The Hall–Kier alpha value is -7.20. The number of rotatable bonds is 5. The zero-order valence-corrected chi connectivity index (χ0v) is 31.7. The molecule has 57 heavy (non-hydrogen) atoms. The molecule has 0 amide bonds. The van der Waals surface area contributed by atoms with Crippen LogP contribution in [-0.4, -0.2) is 9.13 Å². The molecule has 0 saturated heterocycles. The summed E-state index contributed by atoms with van der Waals surface area (Å²) in [5.74, 6) is 0. The normalized spacial score (nSPS) is 11.9. The fourth-order valence-corrected chi connectivity index (χ4v) is 10.1. The second-order valence-corrected chi connectivity index (χ2v) is 16.0. The Morgan fingerprint density at radius 1 is 0.246 bits per heavy atom. The minimum atomic E-state index is 1.15. The van der Waals surface area contributed by atoms with Crippen LogP contribution >= 0.6 is 11.3 Å². The highest BCUT2D eigenvalue weighted by molar-refractivity contribution is 7.25. The van der Waals surface area contributed by atoms with Gasteiger partial charge in [-0.15, -0.1) is 11.3 Å². The van der Waals surface area contributed by atoms with Gasteiger partial charge >= 0.3 is 0 Å². The van der Waals surface area contributed by atoms with Crippen LogP contribution in [0.25, 0.3) is 109 Å². The standard InChI is InChI=1S/C54H34N2S/c1-3-11-35(12-4-1)39-23-29-50-45(31-39)46-32-40(36-13-5-2-6-14-36)24-30-51(46)55(50)41-25-19-37(20-26-41)38-21-27-42(28-22-38)56-49-17-9-7-15-43(49)47-34-54-48(33-52(47)56)44-16-8-10-18-53(44)57-54/h1-34H. The largest absolute Gasteiger partial charge is 0.309 e. The number of aromatic nitrogens is 2. The summed E-state index contributed by atoms with van der Waals surface area (Å²) >= 11 is 1.88. The molecule has 0 unspecified atom stereocenters. The fourth-order valence-electron chi connectivity index (χ4n) is 8.99. The number of benzene rings is 9. The molecule has 0 atom stereocenters. The first-order valence-electron chi connectivity index (χ1n) is 19.5. The first kappa shape index (κ1) is 32.1. The Morgan fingerprint density at radius 3 is 1.28 bits per heavy atom. The molecule has 12 aromatic rings. The third-order valence-corrected chi connectivity index (χ3v) is 12.9. The summed E-state index contributed by atoms with van der Waals surface area (Å²) in [6, 6.07) is 75.6. The van der Waals surface area contributed by atoms with Gasteiger partial charge < -0.3 is 9.13 Å². The third-order valence-electron chi connectivity index (χ3n) is 11.7. The van der Waals surface area contributed by atoms with Crippen LogP contribution in [0.2, 0.25) is 0 Å². The van der Waals surface area contributed by atoms with E-state index < -0.39 is 0 Å². The van der Waals surface area contributed by atoms with Crippen molar-refractivity contribution in [2.75, 3.05) is 0 Å². The second kappa shape index (κ2) is 12.7. The number of fused-ring (bicyclic) bond motifs is 9. The predicted octanol–water partition coefficient (Wildman–Crippen LogP) is 15.2. The molecule has 3 heterocycles. The van der Waals surface area contributed by atoms with E-state index in [1.165, 1.54) is 97.2 Å². The summed E-state index contributed by atoms with van der Waals surface area (Å²) in [7, 11) is 0. The molecule has 0 bridgehead atoms. The molecule has 9 aromatic carbocycles. The van der Waals surface area contributed by atoms with Crippen molar-refractivity contribution >= 4 is 75.1 Å². The van der Waals surface area contributed by atoms with E-state index in [0.717, 1.165) is 11.4 Å². The first-order chi connectivity index (χ1) is 28.2. The van der Waals surface area contributed by atoms with E-state index in [1.807, 2.05) is 11.3 Å². The van der Waals surface area contributed by atoms with Crippen LogP contribution in [0.1, 0.15) is 0 Å². The van der Waals surface area contributed by atoms with Crippen molar-refractivity contribution in [3.8, 4) is 44.8 Å². The lowest BCUT2D eigenvalue weighted by atomic mass is 10.0.